The molecule has 2 amide bonds. The molecular formula is C36H44ClN3O4. The summed E-state index contributed by atoms with van der Waals surface area (Å²) in [5.74, 6) is -0.0304. The zero-order valence-corrected chi connectivity index (χ0v) is 27.0. The Bertz CT molecular complexity index is 1440. The Morgan fingerprint density at radius 2 is 1.70 bits per heavy atom. The highest BCUT2D eigenvalue weighted by Gasteiger charge is 2.41. The van der Waals surface area contributed by atoms with E-state index in [4.69, 9.17) is 21.1 Å². The van der Waals surface area contributed by atoms with Crippen molar-refractivity contribution in [2.45, 2.75) is 64.0 Å². The molecule has 8 heteroatoms. The number of rotatable bonds is 10. The molecular weight excluding hydrogens is 574 g/mol. The number of ether oxygens (including phenoxy) is 2. The number of carbonyl (C=O) groups is 2. The molecule has 0 spiro atoms. The van der Waals surface area contributed by atoms with Crippen LogP contribution in [0.15, 0.2) is 72.8 Å². The lowest BCUT2D eigenvalue weighted by molar-refractivity contribution is -0.123. The second kappa shape index (κ2) is 14.1. The predicted octanol–water partition coefficient (Wildman–Crippen LogP) is 7.67. The normalized spacial score (nSPS) is 18.5. The molecule has 0 bridgehead atoms. The van der Waals surface area contributed by atoms with Gasteiger partial charge in [-0.05, 0) is 93.8 Å². The topological polar surface area (TPSA) is 71.1 Å². The number of anilines is 2. The molecule has 234 valence electrons. The van der Waals surface area contributed by atoms with Crippen molar-refractivity contribution >= 4 is 35.0 Å². The van der Waals surface area contributed by atoms with Crippen LogP contribution in [0.25, 0.3) is 11.1 Å². The first-order chi connectivity index (χ1) is 21.2. The molecule has 1 aliphatic heterocycles. The SMILES string of the molecule is COCCCN(C(=O)OC(C)(C)C)c1cc(N(C(=O)[C@H]2CNCC[C@@H]2c2cccc(-c3ccccc3)c2)C2CC2)ccc1Cl. The van der Waals surface area contributed by atoms with Gasteiger partial charge in [0.2, 0.25) is 5.91 Å². The monoisotopic (exact) mass is 617 g/mol. The fourth-order valence-corrected chi connectivity index (χ4v) is 6.20. The molecule has 0 aromatic heterocycles. The van der Waals surface area contributed by atoms with Crippen LogP contribution in [-0.4, -0.2) is 57.0 Å². The summed E-state index contributed by atoms with van der Waals surface area (Å²) in [5, 5.41) is 3.91. The number of nitrogens with zero attached hydrogens (tertiary/aromatic N) is 2. The Kier molecular flexibility index (Phi) is 10.3. The van der Waals surface area contributed by atoms with Crippen LogP contribution >= 0.6 is 11.6 Å². The molecule has 1 heterocycles. The number of carbonyl (C=O) groups excluding carboxylic acids is 2. The minimum absolute atomic E-state index is 0.0905. The van der Waals surface area contributed by atoms with Crippen LogP contribution in [0.5, 0.6) is 0 Å². The molecule has 3 aromatic rings. The summed E-state index contributed by atoms with van der Waals surface area (Å²) in [6.07, 6.45) is 2.90. The molecule has 0 unspecified atom stereocenters. The van der Waals surface area contributed by atoms with Crippen LogP contribution in [-0.2, 0) is 14.3 Å². The zero-order valence-electron chi connectivity index (χ0n) is 26.2. The second-order valence-electron chi connectivity index (χ2n) is 12.8. The first-order valence-corrected chi connectivity index (χ1v) is 16.0. The molecule has 2 fully saturated rings. The lowest BCUT2D eigenvalue weighted by atomic mass is 9.79. The molecule has 7 nitrogen and oxygen atoms in total. The van der Waals surface area contributed by atoms with Gasteiger partial charge in [0.05, 0.1) is 16.6 Å². The minimum Gasteiger partial charge on any atom is -0.443 e. The fourth-order valence-electron chi connectivity index (χ4n) is 5.98. The summed E-state index contributed by atoms with van der Waals surface area (Å²) >= 11 is 6.72. The number of hydrogen-bond acceptors (Lipinski definition) is 5. The van der Waals surface area contributed by atoms with E-state index in [2.05, 4.69) is 41.7 Å². The smallest absolute Gasteiger partial charge is 0.414 e. The maximum atomic E-state index is 14.5. The van der Waals surface area contributed by atoms with Crippen molar-refractivity contribution in [3.8, 4) is 11.1 Å². The van der Waals surface area contributed by atoms with Crippen LogP contribution in [0.2, 0.25) is 5.02 Å². The van der Waals surface area contributed by atoms with Crippen molar-refractivity contribution in [1.29, 1.82) is 0 Å². The first-order valence-electron chi connectivity index (χ1n) is 15.6. The molecule has 44 heavy (non-hydrogen) atoms. The van der Waals surface area contributed by atoms with E-state index in [1.807, 2.05) is 56.0 Å². The summed E-state index contributed by atoms with van der Waals surface area (Å²) in [7, 11) is 1.63. The minimum atomic E-state index is -0.669. The molecule has 1 aliphatic carbocycles. The summed E-state index contributed by atoms with van der Waals surface area (Å²) in [5.41, 5.74) is 4.12. The first kappa shape index (κ1) is 32.0. The average Bonchev–Trinajstić information content (AvgIpc) is 3.85. The van der Waals surface area contributed by atoms with Crippen molar-refractivity contribution < 1.29 is 19.1 Å². The van der Waals surface area contributed by atoms with Crippen LogP contribution in [0.3, 0.4) is 0 Å². The number of hydrogen-bond donors (Lipinski definition) is 1. The van der Waals surface area contributed by atoms with E-state index in [9.17, 15) is 9.59 Å². The van der Waals surface area contributed by atoms with Crippen molar-refractivity contribution in [1.82, 2.24) is 5.32 Å². The van der Waals surface area contributed by atoms with Crippen LogP contribution in [0.4, 0.5) is 16.2 Å². The van der Waals surface area contributed by atoms with E-state index in [1.54, 1.807) is 18.1 Å². The Morgan fingerprint density at radius 3 is 2.41 bits per heavy atom. The number of nitrogens with one attached hydrogen (secondary N) is 1. The molecule has 0 radical (unpaired) electrons. The summed E-state index contributed by atoms with van der Waals surface area (Å²) in [6, 6.07) is 24.7. The van der Waals surface area contributed by atoms with Crippen LogP contribution in [0.1, 0.15) is 57.9 Å². The van der Waals surface area contributed by atoms with Gasteiger partial charge < -0.3 is 19.7 Å². The van der Waals surface area contributed by atoms with Crippen LogP contribution in [0, 0.1) is 5.92 Å². The van der Waals surface area contributed by atoms with E-state index < -0.39 is 11.7 Å². The van der Waals surface area contributed by atoms with E-state index in [0.29, 0.717) is 36.8 Å². The molecule has 1 saturated heterocycles. The number of halogens is 1. The second-order valence-corrected chi connectivity index (χ2v) is 13.2. The van der Waals surface area contributed by atoms with E-state index in [1.165, 1.54) is 11.1 Å². The number of piperidine rings is 1. The van der Waals surface area contributed by atoms with Gasteiger partial charge in [0, 0.05) is 38.5 Å². The largest absolute Gasteiger partial charge is 0.443 e. The van der Waals surface area contributed by atoms with Crippen molar-refractivity contribution in [3.63, 3.8) is 0 Å². The molecule has 3 aromatic carbocycles. The highest BCUT2D eigenvalue weighted by atomic mass is 35.5. The van der Waals surface area contributed by atoms with Gasteiger partial charge in [0.25, 0.3) is 0 Å². The molecule has 5 rings (SSSR count). The lowest BCUT2D eigenvalue weighted by Crippen LogP contribution is -2.47. The molecule has 1 N–H and O–H groups in total. The Labute approximate surface area is 266 Å². The fraction of sp³-hybridized carbons (Fsp3) is 0.444. The highest BCUT2D eigenvalue weighted by Crippen LogP contribution is 2.41. The van der Waals surface area contributed by atoms with Crippen molar-refractivity contribution in [2.24, 2.45) is 5.92 Å². The maximum absolute atomic E-state index is 14.5. The molecule has 2 aliphatic rings. The van der Waals surface area contributed by atoms with E-state index in [0.717, 1.165) is 37.1 Å². The van der Waals surface area contributed by atoms with Gasteiger partial charge in [-0.1, -0.05) is 66.2 Å². The lowest BCUT2D eigenvalue weighted by Gasteiger charge is -2.36. The predicted molar refractivity (Wildman–Crippen MR) is 178 cm³/mol. The van der Waals surface area contributed by atoms with E-state index in [-0.39, 0.29) is 23.8 Å². The molecule has 1 saturated carbocycles. The van der Waals surface area contributed by atoms with E-state index >= 15 is 0 Å². The molecule has 2 atom stereocenters. The summed E-state index contributed by atoms with van der Waals surface area (Å²) in [4.78, 5) is 31.4. The number of methoxy groups -OCH3 is 1. The zero-order chi connectivity index (χ0) is 31.3. The van der Waals surface area contributed by atoms with Gasteiger partial charge in [0.1, 0.15) is 5.60 Å². The summed E-state index contributed by atoms with van der Waals surface area (Å²) in [6.45, 7) is 7.87. The standard InChI is InChI=1S/C36H44ClN3O4/c1-36(2,3)44-35(42)39(20-9-21-43-4)33-23-29(16-17-32(33)37)40(28-14-15-28)34(41)31-24-38-19-18-30(31)27-13-8-12-26(22-27)25-10-6-5-7-11-25/h5-8,10-13,16-17,22-23,28,30-31,38H,9,14-15,18-21,24H2,1-4H3/t30-,31+/m1/s1. The number of amides is 2. The Hall–Kier alpha value is -3.39. The number of benzene rings is 3. The van der Waals surface area contributed by atoms with Gasteiger partial charge in [-0.15, -0.1) is 0 Å². The average molecular weight is 618 g/mol. The van der Waals surface area contributed by atoms with Gasteiger partial charge >= 0.3 is 6.09 Å². The van der Waals surface area contributed by atoms with Crippen molar-refractivity contribution in [3.05, 3.63) is 83.4 Å². The Morgan fingerprint density at radius 1 is 0.955 bits per heavy atom. The Balaban J connectivity index is 1.46. The van der Waals surface area contributed by atoms with Gasteiger partial charge in [-0.2, -0.15) is 0 Å². The van der Waals surface area contributed by atoms with Crippen LogP contribution < -0.4 is 15.1 Å². The quantitative estimate of drug-likeness (QED) is 0.236. The third-order valence-corrected chi connectivity index (χ3v) is 8.53. The maximum Gasteiger partial charge on any atom is 0.414 e. The highest BCUT2D eigenvalue weighted by molar-refractivity contribution is 6.34. The third-order valence-electron chi connectivity index (χ3n) is 8.21. The van der Waals surface area contributed by atoms with Gasteiger partial charge in [-0.25, -0.2) is 4.79 Å². The van der Waals surface area contributed by atoms with Gasteiger partial charge in [0.15, 0.2) is 0 Å². The van der Waals surface area contributed by atoms with Crippen molar-refractivity contribution in [2.75, 3.05) is 43.2 Å². The van der Waals surface area contributed by atoms with Gasteiger partial charge in [-0.3, -0.25) is 9.69 Å². The summed E-state index contributed by atoms with van der Waals surface area (Å²) < 4.78 is 11.0. The third kappa shape index (κ3) is 7.81.